The van der Waals surface area contributed by atoms with Gasteiger partial charge < -0.3 is 9.47 Å². The van der Waals surface area contributed by atoms with Crippen molar-refractivity contribution in [3.05, 3.63) is 50.2 Å². The van der Waals surface area contributed by atoms with Gasteiger partial charge in [-0.1, -0.05) is 17.7 Å². The summed E-state index contributed by atoms with van der Waals surface area (Å²) in [5.41, 5.74) is 1.91. The molecular formula is C16H13ClO4S. The lowest BCUT2D eigenvalue weighted by molar-refractivity contribution is -0.147. The van der Waals surface area contributed by atoms with Gasteiger partial charge in [-0.05, 0) is 30.0 Å². The number of carbonyl (C=O) groups excluding carboxylic acids is 2. The molecule has 4 nitrogen and oxygen atoms in total. The van der Waals surface area contributed by atoms with Crippen LogP contribution in [0.4, 0.5) is 0 Å². The Hall–Kier alpha value is -1.85. The van der Waals surface area contributed by atoms with E-state index in [4.69, 9.17) is 21.1 Å². The third-order valence-corrected chi connectivity index (χ3v) is 4.99. The first-order chi connectivity index (χ1) is 10.5. The number of thiophene rings is 1. The Labute approximate surface area is 136 Å². The van der Waals surface area contributed by atoms with E-state index in [0.29, 0.717) is 33.2 Å². The number of halogens is 1. The van der Waals surface area contributed by atoms with E-state index >= 15 is 0 Å². The van der Waals surface area contributed by atoms with E-state index in [1.165, 1.54) is 18.4 Å². The molecule has 1 aliphatic heterocycles. The molecule has 1 atom stereocenters. The molecule has 3 rings (SSSR count). The number of ether oxygens (including phenoxy) is 2. The van der Waals surface area contributed by atoms with Crippen LogP contribution >= 0.6 is 22.9 Å². The average molecular weight is 337 g/mol. The van der Waals surface area contributed by atoms with Gasteiger partial charge in [-0.25, -0.2) is 4.79 Å². The van der Waals surface area contributed by atoms with Crippen molar-refractivity contribution in [3.8, 4) is 5.75 Å². The summed E-state index contributed by atoms with van der Waals surface area (Å²) in [4.78, 5) is 24.8. The molecule has 0 N–H and O–H groups in total. The molecule has 2 aromatic rings. The first-order valence-corrected chi connectivity index (χ1v) is 7.93. The van der Waals surface area contributed by atoms with E-state index in [1.54, 1.807) is 19.1 Å². The summed E-state index contributed by atoms with van der Waals surface area (Å²) in [6.45, 7) is 1.78. The maximum Gasteiger partial charge on any atom is 0.347 e. The molecule has 6 heteroatoms. The van der Waals surface area contributed by atoms with Crippen molar-refractivity contribution in [3.63, 3.8) is 0 Å². The number of rotatable bonds is 3. The molecule has 114 valence electrons. The molecule has 0 radical (unpaired) electrons. The van der Waals surface area contributed by atoms with Gasteiger partial charge in [0.05, 0.1) is 17.0 Å². The quantitative estimate of drug-likeness (QED) is 0.636. The molecule has 0 amide bonds. The van der Waals surface area contributed by atoms with Crippen molar-refractivity contribution in [2.45, 2.75) is 19.4 Å². The smallest absolute Gasteiger partial charge is 0.347 e. The Morgan fingerprint density at radius 3 is 2.86 bits per heavy atom. The van der Waals surface area contributed by atoms with Crippen molar-refractivity contribution < 1.29 is 19.1 Å². The maximum atomic E-state index is 12.5. The predicted molar refractivity (Wildman–Crippen MR) is 84.1 cm³/mol. The van der Waals surface area contributed by atoms with Crippen LogP contribution in [0.15, 0.2) is 23.6 Å². The Kier molecular flexibility index (Phi) is 3.93. The molecule has 2 heterocycles. The first kappa shape index (κ1) is 15.1. The minimum absolute atomic E-state index is 0.118. The second kappa shape index (κ2) is 5.74. The topological polar surface area (TPSA) is 52.6 Å². The van der Waals surface area contributed by atoms with Crippen molar-refractivity contribution in [1.82, 2.24) is 0 Å². The lowest BCUT2D eigenvalue weighted by Gasteiger charge is -2.11. The zero-order chi connectivity index (χ0) is 15.9. The maximum absolute atomic E-state index is 12.5. The molecule has 1 aromatic heterocycles. The second-order valence-electron chi connectivity index (χ2n) is 4.99. The van der Waals surface area contributed by atoms with Gasteiger partial charge in [0.25, 0.3) is 0 Å². The predicted octanol–water partition coefficient (Wildman–Crippen LogP) is 3.42. The Balaban J connectivity index is 2.02. The van der Waals surface area contributed by atoms with Crippen molar-refractivity contribution in [2.75, 3.05) is 7.11 Å². The third-order valence-electron chi connectivity index (χ3n) is 3.64. The fraction of sp³-hybridized carbons (Fsp3) is 0.250. The summed E-state index contributed by atoms with van der Waals surface area (Å²) in [6, 6.07) is 5.30. The van der Waals surface area contributed by atoms with Gasteiger partial charge in [-0.15, -0.1) is 11.3 Å². The van der Waals surface area contributed by atoms with Crippen LogP contribution in [0.3, 0.4) is 0 Å². The Bertz CT molecular complexity index is 752. The van der Waals surface area contributed by atoms with Gasteiger partial charge in [0.15, 0.2) is 6.10 Å². The number of benzene rings is 1. The highest BCUT2D eigenvalue weighted by Crippen LogP contribution is 2.39. The number of esters is 1. The van der Waals surface area contributed by atoms with E-state index in [1.807, 2.05) is 11.4 Å². The van der Waals surface area contributed by atoms with E-state index < -0.39 is 12.1 Å². The van der Waals surface area contributed by atoms with Gasteiger partial charge in [0, 0.05) is 17.5 Å². The number of hydrogen-bond donors (Lipinski definition) is 0. The molecule has 1 aliphatic rings. The zero-order valence-corrected chi connectivity index (χ0v) is 13.6. The van der Waals surface area contributed by atoms with Gasteiger partial charge >= 0.3 is 5.97 Å². The standard InChI is InChI=1S/C16H13ClO4S/c1-8-13(17)10(14(18)12-4-3-5-22-12)6-9-7-11(16(19)20-2)21-15(8)9/h3-6,11H,7H2,1-2H3. The van der Waals surface area contributed by atoms with Gasteiger partial charge in [0.2, 0.25) is 5.78 Å². The molecule has 1 aromatic carbocycles. The molecule has 0 saturated heterocycles. The minimum Gasteiger partial charge on any atom is -0.478 e. The second-order valence-corrected chi connectivity index (χ2v) is 6.32. The number of hydrogen-bond acceptors (Lipinski definition) is 5. The molecule has 0 aliphatic carbocycles. The lowest BCUT2D eigenvalue weighted by atomic mass is 9.99. The number of fused-ring (bicyclic) bond motifs is 1. The molecule has 0 fully saturated rings. The molecule has 1 unspecified atom stereocenters. The molecule has 22 heavy (non-hydrogen) atoms. The van der Waals surface area contributed by atoms with E-state index in [-0.39, 0.29) is 5.78 Å². The van der Waals surface area contributed by atoms with E-state index in [0.717, 1.165) is 5.56 Å². The lowest BCUT2D eigenvalue weighted by Crippen LogP contribution is -2.26. The van der Waals surface area contributed by atoms with Crippen LogP contribution in [0.1, 0.15) is 26.4 Å². The van der Waals surface area contributed by atoms with Crippen LogP contribution in [0, 0.1) is 6.92 Å². The molecular weight excluding hydrogens is 324 g/mol. The van der Waals surface area contributed by atoms with Crippen LogP contribution in [-0.4, -0.2) is 25.0 Å². The van der Waals surface area contributed by atoms with Crippen LogP contribution < -0.4 is 4.74 Å². The largest absolute Gasteiger partial charge is 0.478 e. The van der Waals surface area contributed by atoms with Crippen molar-refractivity contribution in [2.24, 2.45) is 0 Å². The van der Waals surface area contributed by atoms with Crippen LogP contribution in [0.2, 0.25) is 5.02 Å². The van der Waals surface area contributed by atoms with Crippen LogP contribution in [0.25, 0.3) is 0 Å². The Morgan fingerprint density at radius 2 is 2.23 bits per heavy atom. The third kappa shape index (κ3) is 2.40. The monoisotopic (exact) mass is 336 g/mol. The SMILES string of the molecule is COC(=O)C1Cc2cc(C(=O)c3cccs3)c(Cl)c(C)c2O1. The number of methoxy groups -OCH3 is 1. The fourth-order valence-electron chi connectivity index (χ4n) is 2.51. The molecule has 0 bridgehead atoms. The average Bonchev–Trinajstić information content (AvgIpc) is 3.18. The summed E-state index contributed by atoms with van der Waals surface area (Å²) in [7, 11) is 1.32. The number of ketones is 1. The van der Waals surface area contributed by atoms with Gasteiger partial charge in [-0.2, -0.15) is 0 Å². The van der Waals surface area contributed by atoms with Gasteiger partial charge in [-0.3, -0.25) is 4.79 Å². The van der Waals surface area contributed by atoms with E-state index in [2.05, 4.69) is 0 Å². The summed E-state index contributed by atoms with van der Waals surface area (Å²) in [6.07, 6.45) is -0.299. The molecule has 0 spiro atoms. The summed E-state index contributed by atoms with van der Waals surface area (Å²) < 4.78 is 10.3. The van der Waals surface area contributed by atoms with Crippen molar-refractivity contribution in [1.29, 1.82) is 0 Å². The normalized spacial score (nSPS) is 16.0. The van der Waals surface area contributed by atoms with Gasteiger partial charge in [0.1, 0.15) is 5.75 Å². The van der Waals surface area contributed by atoms with Crippen LogP contribution in [-0.2, 0) is 16.0 Å². The minimum atomic E-state index is -0.679. The first-order valence-electron chi connectivity index (χ1n) is 6.67. The van der Waals surface area contributed by atoms with Crippen LogP contribution in [0.5, 0.6) is 5.75 Å². The van der Waals surface area contributed by atoms with Crippen molar-refractivity contribution >= 4 is 34.7 Å². The highest BCUT2D eigenvalue weighted by Gasteiger charge is 2.33. The highest BCUT2D eigenvalue weighted by molar-refractivity contribution is 7.12. The zero-order valence-electron chi connectivity index (χ0n) is 12.0. The Morgan fingerprint density at radius 1 is 1.45 bits per heavy atom. The number of carbonyl (C=O) groups is 2. The highest BCUT2D eigenvalue weighted by atomic mass is 35.5. The molecule has 0 saturated carbocycles. The summed E-state index contributed by atoms with van der Waals surface area (Å²) >= 11 is 7.71. The summed E-state index contributed by atoms with van der Waals surface area (Å²) in [5, 5.41) is 2.21. The summed E-state index contributed by atoms with van der Waals surface area (Å²) in [5.74, 6) is 0.0217. The van der Waals surface area contributed by atoms with E-state index in [9.17, 15) is 9.59 Å². The fourth-order valence-corrected chi connectivity index (χ4v) is 3.42.